The molecule has 106 valence electrons. The summed E-state index contributed by atoms with van der Waals surface area (Å²) in [4.78, 5) is 0. The van der Waals surface area contributed by atoms with Crippen LogP contribution in [-0.2, 0) is 6.61 Å². The molecule has 2 aromatic carbocycles. The van der Waals surface area contributed by atoms with Gasteiger partial charge < -0.3 is 10.5 Å². The highest BCUT2D eigenvalue weighted by Gasteiger charge is 2.10. The summed E-state index contributed by atoms with van der Waals surface area (Å²) in [6, 6.07) is 9.89. The smallest absolute Gasteiger partial charge is 0.130 e. The molecule has 2 aromatic rings. The third kappa shape index (κ3) is 3.72. The number of rotatable bonds is 4. The highest BCUT2D eigenvalue weighted by Crippen LogP contribution is 2.28. The molecular formula is C15H14BrClFNO. The van der Waals surface area contributed by atoms with Crippen LogP contribution in [0.2, 0.25) is 5.02 Å². The maximum atomic E-state index is 13.7. The molecule has 20 heavy (non-hydrogen) atoms. The van der Waals surface area contributed by atoms with E-state index in [0.717, 1.165) is 5.56 Å². The first-order chi connectivity index (χ1) is 9.47. The first kappa shape index (κ1) is 15.3. The largest absolute Gasteiger partial charge is 0.488 e. The quantitative estimate of drug-likeness (QED) is 0.848. The summed E-state index contributed by atoms with van der Waals surface area (Å²) in [5, 5.41) is 0.597. The molecule has 2 N–H and O–H groups in total. The molecule has 0 aliphatic heterocycles. The van der Waals surface area contributed by atoms with Gasteiger partial charge in [-0.1, -0.05) is 33.6 Å². The Morgan fingerprint density at radius 3 is 2.70 bits per heavy atom. The second-order valence-corrected chi connectivity index (χ2v) is 5.85. The Labute approximate surface area is 130 Å². The molecule has 2 nitrogen and oxygen atoms in total. The second kappa shape index (κ2) is 6.57. The zero-order chi connectivity index (χ0) is 14.7. The van der Waals surface area contributed by atoms with Gasteiger partial charge in [0.2, 0.25) is 0 Å². The summed E-state index contributed by atoms with van der Waals surface area (Å²) in [6.45, 7) is 1.99. The molecule has 0 bridgehead atoms. The van der Waals surface area contributed by atoms with Gasteiger partial charge in [0.25, 0.3) is 0 Å². The van der Waals surface area contributed by atoms with Gasteiger partial charge in [0.1, 0.15) is 18.2 Å². The van der Waals surface area contributed by atoms with Crippen molar-refractivity contribution in [2.45, 2.75) is 19.6 Å². The van der Waals surface area contributed by atoms with Gasteiger partial charge in [-0.2, -0.15) is 0 Å². The van der Waals surface area contributed by atoms with Crippen LogP contribution >= 0.6 is 27.5 Å². The summed E-state index contributed by atoms with van der Waals surface area (Å²) in [6.07, 6.45) is 0. The molecule has 0 radical (unpaired) electrons. The summed E-state index contributed by atoms with van der Waals surface area (Å²) in [5.41, 5.74) is 7.17. The SMILES string of the molecule is C[C@@H](N)c1cc(Cl)ccc1OCc1ccc(Br)cc1F. The molecule has 0 aliphatic carbocycles. The minimum atomic E-state index is -0.310. The van der Waals surface area contributed by atoms with E-state index in [1.165, 1.54) is 6.07 Å². The normalized spacial score (nSPS) is 12.2. The molecule has 1 atom stereocenters. The predicted octanol–water partition coefficient (Wildman–Crippen LogP) is 4.84. The van der Waals surface area contributed by atoms with E-state index in [9.17, 15) is 4.39 Å². The summed E-state index contributed by atoms with van der Waals surface area (Å²) >= 11 is 9.16. The van der Waals surface area contributed by atoms with Crippen LogP contribution < -0.4 is 10.5 Å². The number of nitrogens with two attached hydrogens (primary N) is 1. The summed E-state index contributed by atoms with van der Waals surface area (Å²) in [7, 11) is 0. The van der Waals surface area contributed by atoms with Gasteiger partial charge in [-0.05, 0) is 37.3 Å². The van der Waals surface area contributed by atoms with E-state index >= 15 is 0 Å². The lowest BCUT2D eigenvalue weighted by molar-refractivity contribution is 0.295. The fraction of sp³-hybridized carbons (Fsp3) is 0.200. The number of halogens is 3. The lowest BCUT2D eigenvalue weighted by Gasteiger charge is -2.14. The van der Waals surface area contributed by atoms with Crippen LogP contribution in [0.3, 0.4) is 0 Å². The van der Waals surface area contributed by atoms with Crippen LogP contribution in [0.25, 0.3) is 0 Å². The van der Waals surface area contributed by atoms with Gasteiger partial charge in [0.05, 0.1) is 0 Å². The first-order valence-corrected chi connectivity index (χ1v) is 7.26. The van der Waals surface area contributed by atoms with E-state index < -0.39 is 0 Å². The van der Waals surface area contributed by atoms with Gasteiger partial charge in [0, 0.05) is 26.7 Å². The molecular weight excluding hydrogens is 345 g/mol. The fourth-order valence-electron chi connectivity index (χ4n) is 1.80. The standard InChI is InChI=1S/C15H14BrClFNO/c1-9(19)13-7-12(17)4-5-15(13)20-8-10-2-3-11(16)6-14(10)18/h2-7,9H,8,19H2,1H3/t9-/m1/s1. The third-order valence-corrected chi connectivity index (χ3v) is 3.59. The van der Waals surface area contributed by atoms with Crippen molar-refractivity contribution in [2.75, 3.05) is 0 Å². The van der Waals surface area contributed by atoms with Crippen molar-refractivity contribution in [3.8, 4) is 5.75 Å². The first-order valence-electron chi connectivity index (χ1n) is 6.09. The molecule has 0 amide bonds. The van der Waals surface area contributed by atoms with Crippen LogP contribution in [0.4, 0.5) is 4.39 Å². The van der Waals surface area contributed by atoms with Crippen molar-refractivity contribution >= 4 is 27.5 Å². The summed E-state index contributed by atoms with van der Waals surface area (Å²) in [5.74, 6) is 0.308. The van der Waals surface area contributed by atoms with Gasteiger partial charge in [-0.15, -0.1) is 0 Å². The lowest BCUT2D eigenvalue weighted by Crippen LogP contribution is -2.08. The highest BCUT2D eigenvalue weighted by atomic mass is 79.9. The molecule has 5 heteroatoms. The molecule has 0 unspecified atom stereocenters. The Kier molecular flexibility index (Phi) is 5.02. The molecule has 0 saturated carbocycles. The van der Waals surface area contributed by atoms with Gasteiger partial charge >= 0.3 is 0 Å². The van der Waals surface area contributed by atoms with Crippen molar-refractivity contribution in [1.29, 1.82) is 0 Å². The fourth-order valence-corrected chi connectivity index (χ4v) is 2.31. The zero-order valence-electron chi connectivity index (χ0n) is 10.9. The average Bonchev–Trinajstić information content (AvgIpc) is 2.38. The lowest BCUT2D eigenvalue weighted by atomic mass is 10.1. The molecule has 2 rings (SSSR count). The summed E-state index contributed by atoms with van der Waals surface area (Å²) < 4.78 is 20.1. The van der Waals surface area contributed by atoms with Gasteiger partial charge in [-0.25, -0.2) is 4.39 Å². The Balaban J connectivity index is 2.18. The van der Waals surface area contributed by atoms with Gasteiger partial charge in [0.15, 0.2) is 0 Å². The molecule has 0 aromatic heterocycles. The maximum Gasteiger partial charge on any atom is 0.130 e. The van der Waals surface area contributed by atoms with Crippen molar-refractivity contribution in [1.82, 2.24) is 0 Å². The number of benzene rings is 2. The minimum Gasteiger partial charge on any atom is -0.488 e. The van der Waals surface area contributed by atoms with E-state index in [-0.39, 0.29) is 18.5 Å². The Hall–Kier alpha value is -1.10. The number of hydrogen-bond acceptors (Lipinski definition) is 2. The topological polar surface area (TPSA) is 35.2 Å². The maximum absolute atomic E-state index is 13.7. The predicted molar refractivity (Wildman–Crippen MR) is 82.5 cm³/mol. The van der Waals surface area contributed by atoms with E-state index in [0.29, 0.717) is 20.8 Å². The van der Waals surface area contributed by atoms with Crippen LogP contribution in [0.1, 0.15) is 24.1 Å². The zero-order valence-corrected chi connectivity index (χ0v) is 13.2. The van der Waals surface area contributed by atoms with E-state index in [4.69, 9.17) is 22.1 Å². The van der Waals surface area contributed by atoms with Crippen molar-refractivity contribution in [3.05, 3.63) is 62.8 Å². The van der Waals surface area contributed by atoms with E-state index in [2.05, 4.69) is 15.9 Å². The Morgan fingerprint density at radius 1 is 1.30 bits per heavy atom. The average molecular weight is 359 g/mol. The number of hydrogen-bond donors (Lipinski definition) is 1. The van der Waals surface area contributed by atoms with Crippen molar-refractivity contribution < 1.29 is 9.13 Å². The molecule has 0 aliphatic rings. The van der Waals surface area contributed by atoms with Crippen LogP contribution in [-0.4, -0.2) is 0 Å². The van der Waals surface area contributed by atoms with Gasteiger partial charge in [-0.3, -0.25) is 0 Å². The van der Waals surface area contributed by atoms with Crippen molar-refractivity contribution in [3.63, 3.8) is 0 Å². The van der Waals surface area contributed by atoms with Crippen LogP contribution in [0.15, 0.2) is 40.9 Å². The van der Waals surface area contributed by atoms with Crippen LogP contribution in [0.5, 0.6) is 5.75 Å². The Morgan fingerprint density at radius 2 is 2.05 bits per heavy atom. The third-order valence-electron chi connectivity index (χ3n) is 2.86. The Bertz CT molecular complexity index is 619. The van der Waals surface area contributed by atoms with Crippen molar-refractivity contribution in [2.24, 2.45) is 5.73 Å². The van der Waals surface area contributed by atoms with E-state index in [1.807, 2.05) is 6.92 Å². The van der Waals surface area contributed by atoms with E-state index in [1.54, 1.807) is 30.3 Å². The van der Waals surface area contributed by atoms with Crippen LogP contribution in [0, 0.1) is 5.82 Å². The monoisotopic (exact) mass is 357 g/mol. The number of ether oxygens (including phenoxy) is 1. The minimum absolute atomic E-state index is 0.139. The highest BCUT2D eigenvalue weighted by molar-refractivity contribution is 9.10. The molecule has 0 heterocycles. The molecule has 0 spiro atoms. The molecule has 0 saturated heterocycles. The second-order valence-electron chi connectivity index (χ2n) is 4.50. The molecule has 0 fully saturated rings.